The molecule has 17 heavy (non-hydrogen) atoms. The van der Waals surface area contributed by atoms with E-state index in [1.807, 2.05) is 0 Å². The molecule has 1 atom stereocenters. The van der Waals surface area contributed by atoms with Crippen LogP contribution in [-0.2, 0) is 4.74 Å². The van der Waals surface area contributed by atoms with Crippen molar-refractivity contribution in [2.75, 3.05) is 13.2 Å². The number of hydrogen-bond donors (Lipinski definition) is 2. The molecule has 3 heteroatoms. The van der Waals surface area contributed by atoms with Crippen molar-refractivity contribution in [3.8, 4) is 0 Å². The zero-order valence-electron chi connectivity index (χ0n) is 11.0. The highest BCUT2D eigenvalue weighted by atomic mass is 16.5. The van der Waals surface area contributed by atoms with Gasteiger partial charge in [0.1, 0.15) is 0 Å². The van der Waals surface area contributed by atoms with E-state index in [1.54, 1.807) is 0 Å². The lowest BCUT2D eigenvalue weighted by Crippen LogP contribution is -2.37. The molecule has 1 saturated carbocycles. The smallest absolute Gasteiger partial charge is 0.0468 e. The van der Waals surface area contributed by atoms with Crippen molar-refractivity contribution < 1.29 is 4.74 Å². The maximum Gasteiger partial charge on any atom is 0.0468 e. The number of ether oxygens (including phenoxy) is 1. The molecule has 3 nitrogen and oxygen atoms in total. The predicted molar refractivity (Wildman–Crippen MR) is 70.5 cm³/mol. The Morgan fingerprint density at radius 3 is 2.41 bits per heavy atom. The minimum atomic E-state index is 0.527. The largest absolute Gasteiger partial charge is 0.381 e. The van der Waals surface area contributed by atoms with E-state index in [1.165, 1.54) is 57.8 Å². The second-order valence-corrected chi connectivity index (χ2v) is 5.88. The fraction of sp³-hybridized carbons (Fsp3) is 1.00. The zero-order chi connectivity index (χ0) is 11.9. The van der Waals surface area contributed by atoms with Crippen LogP contribution in [0.3, 0.4) is 0 Å². The zero-order valence-corrected chi connectivity index (χ0v) is 11.0. The summed E-state index contributed by atoms with van der Waals surface area (Å²) in [7, 11) is 0. The van der Waals surface area contributed by atoms with Crippen LogP contribution in [-0.4, -0.2) is 19.3 Å². The van der Waals surface area contributed by atoms with Crippen LogP contribution in [0.1, 0.15) is 57.8 Å². The minimum absolute atomic E-state index is 0.527. The molecule has 0 spiro atoms. The Morgan fingerprint density at radius 2 is 1.76 bits per heavy atom. The van der Waals surface area contributed by atoms with E-state index >= 15 is 0 Å². The first-order valence-corrected chi connectivity index (χ1v) is 7.42. The Morgan fingerprint density at radius 1 is 1.06 bits per heavy atom. The Balaban J connectivity index is 1.64. The molecule has 0 aromatic rings. The first kappa shape index (κ1) is 13.3. The quantitative estimate of drug-likeness (QED) is 0.554. The molecule has 0 aromatic carbocycles. The van der Waals surface area contributed by atoms with E-state index in [0.717, 1.165) is 25.0 Å². The third-order valence-corrected chi connectivity index (χ3v) is 4.59. The Bertz CT molecular complexity index is 198. The number of nitrogens with one attached hydrogen (secondary N) is 1. The molecule has 1 saturated heterocycles. The lowest BCUT2D eigenvalue weighted by molar-refractivity contribution is 0.0599. The summed E-state index contributed by atoms with van der Waals surface area (Å²) in [5, 5.41) is 0. The molecule has 0 bridgehead atoms. The summed E-state index contributed by atoms with van der Waals surface area (Å²) >= 11 is 0. The molecule has 3 N–H and O–H groups in total. The molecule has 0 radical (unpaired) electrons. The first-order chi connectivity index (χ1) is 8.38. The maximum absolute atomic E-state index is 5.69. The summed E-state index contributed by atoms with van der Waals surface area (Å²) in [5.41, 5.74) is 3.03. The Labute approximate surface area is 105 Å². The van der Waals surface area contributed by atoms with Gasteiger partial charge in [0.2, 0.25) is 0 Å². The van der Waals surface area contributed by atoms with Crippen LogP contribution in [0.2, 0.25) is 0 Å². The van der Waals surface area contributed by atoms with Gasteiger partial charge >= 0.3 is 0 Å². The van der Waals surface area contributed by atoms with E-state index in [2.05, 4.69) is 5.43 Å². The van der Waals surface area contributed by atoms with E-state index in [4.69, 9.17) is 10.6 Å². The highest BCUT2D eigenvalue weighted by Gasteiger charge is 2.21. The van der Waals surface area contributed by atoms with Gasteiger partial charge in [-0.3, -0.25) is 11.3 Å². The minimum Gasteiger partial charge on any atom is -0.381 e. The molecular weight excluding hydrogens is 212 g/mol. The standard InChI is InChI=1S/C14H28N2O/c15-16-14(6-5-12-3-1-2-4-12)11-13-7-9-17-10-8-13/h12-14,16H,1-11,15H2. The average Bonchev–Trinajstić information content (AvgIpc) is 2.89. The summed E-state index contributed by atoms with van der Waals surface area (Å²) in [4.78, 5) is 0. The number of nitrogens with two attached hydrogens (primary N) is 1. The normalized spacial score (nSPS) is 25.2. The van der Waals surface area contributed by atoms with Crippen LogP contribution >= 0.6 is 0 Å². The van der Waals surface area contributed by atoms with Crippen molar-refractivity contribution in [3.63, 3.8) is 0 Å². The van der Waals surface area contributed by atoms with Gasteiger partial charge in [-0.25, -0.2) is 0 Å². The van der Waals surface area contributed by atoms with Crippen LogP contribution in [0.25, 0.3) is 0 Å². The van der Waals surface area contributed by atoms with Gasteiger partial charge in [0.25, 0.3) is 0 Å². The summed E-state index contributed by atoms with van der Waals surface area (Å²) in [6, 6.07) is 0.527. The highest BCUT2D eigenvalue weighted by molar-refractivity contribution is 4.75. The third-order valence-electron chi connectivity index (χ3n) is 4.59. The molecule has 0 aromatic heterocycles. The molecule has 2 aliphatic rings. The summed E-state index contributed by atoms with van der Waals surface area (Å²) in [6.07, 6.45) is 12.1. The molecular formula is C14H28N2O. The lowest BCUT2D eigenvalue weighted by atomic mass is 9.89. The molecule has 1 aliphatic carbocycles. The average molecular weight is 240 g/mol. The van der Waals surface area contributed by atoms with Gasteiger partial charge in [-0.2, -0.15) is 0 Å². The second-order valence-electron chi connectivity index (χ2n) is 5.88. The van der Waals surface area contributed by atoms with Gasteiger partial charge in [-0.05, 0) is 43.9 Å². The Hall–Kier alpha value is -0.120. The van der Waals surface area contributed by atoms with Crippen LogP contribution in [0, 0.1) is 11.8 Å². The molecule has 1 aliphatic heterocycles. The fourth-order valence-electron chi connectivity index (χ4n) is 3.39. The predicted octanol–water partition coefficient (Wildman–Crippen LogP) is 2.61. The second kappa shape index (κ2) is 7.34. The number of hydrazine groups is 1. The third kappa shape index (κ3) is 4.57. The van der Waals surface area contributed by atoms with Crippen molar-refractivity contribution in [1.29, 1.82) is 0 Å². The van der Waals surface area contributed by atoms with Gasteiger partial charge in [0, 0.05) is 19.3 Å². The van der Waals surface area contributed by atoms with E-state index in [9.17, 15) is 0 Å². The van der Waals surface area contributed by atoms with Gasteiger partial charge in [-0.1, -0.05) is 25.7 Å². The SMILES string of the molecule is NNC(CCC1CCCC1)CC1CCOCC1. The summed E-state index contributed by atoms with van der Waals surface area (Å²) in [5.74, 6) is 7.51. The van der Waals surface area contributed by atoms with Crippen LogP contribution < -0.4 is 11.3 Å². The summed E-state index contributed by atoms with van der Waals surface area (Å²) in [6.45, 7) is 1.90. The fourth-order valence-corrected chi connectivity index (χ4v) is 3.39. The van der Waals surface area contributed by atoms with Crippen LogP contribution in [0.15, 0.2) is 0 Å². The van der Waals surface area contributed by atoms with Crippen molar-refractivity contribution in [2.24, 2.45) is 17.7 Å². The van der Waals surface area contributed by atoms with E-state index in [-0.39, 0.29) is 0 Å². The van der Waals surface area contributed by atoms with Crippen molar-refractivity contribution in [2.45, 2.75) is 63.8 Å². The number of hydrogen-bond acceptors (Lipinski definition) is 3. The van der Waals surface area contributed by atoms with Crippen molar-refractivity contribution in [3.05, 3.63) is 0 Å². The van der Waals surface area contributed by atoms with Crippen LogP contribution in [0.5, 0.6) is 0 Å². The molecule has 1 heterocycles. The lowest BCUT2D eigenvalue weighted by Gasteiger charge is -2.26. The van der Waals surface area contributed by atoms with Gasteiger partial charge in [0.05, 0.1) is 0 Å². The van der Waals surface area contributed by atoms with Crippen molar-refractivity contribution >= 4 is 0 Å². The Kier molecular flexibility index (Phi) is 5.75. The van der Waals surface area contributed by atoms with E-state index < -0.39 is 0 Å². The topological polar surface area (TPSA) is 47.3 Å². The monoisotopic (exact) mass is 240 g/mol. The molecule has 100 valence electrons. The molecule has 2 fully saturated rings. The van der Waals surface area contributed by atoms with Crippen molar-refractivity contribution in [1.82, 2.24) is 5.43 Å². The molecule has 2 rings (SSSR count). The van der Waals surface area contributed by atoms with Gasteiger partial charge in [-0.15, -0.1) is 0 Å². The first-order valence-electron chi connectivity index (χ1n) is 7.42. The highest BCUT2D eigenvalue weighted by Crippen LogP contribution is 2.30. The summed E-state index contributed by atoms with van der Waals surface area (Å²) < 4.78 is 5.40. The van der Waals surface area contributed by atoms with Crippen LogP contribution in [0.4, 0.5) is 0 Å². The molecule has 0 amide bonds. The van der Waals surface area contributed by atoms with E-state index in [0.29, 0.717) is 6.04 Å². The van der Waals surface area contributed by atoms with Gasteiger partial charge < -0.3 is 4.74 Å². The number of rotatable bonds is 6. The molecule has 1 unspecified atom stereocenters. The van der Waals surface area contributed by atoms with Gasteiger partial charge in [0.15, 0.2) is 0 Å². The maximum atomic E-state index is 5.69.